The van der Waals surface area contributed by atoms with Crippen LogP contribution >= 0.6 is 11.6 Å². The van der Waals surface area contributed by atoms with Gasteiger partial charge in [-0.05, 0) is 37.1 Å². The van der Waals surface area contributed by atoms with Crippen molar-refractivity contribution in [1.82, 2.24) is 0 Å². The van der Waals surface area contributed by atoms with Crippen LogP contribution in [0.4, 0.5) is 5.69 Å². The smallest absolute Gasteiger partial charge is 0.120 e. The highest BCUT2D eigenvalue weighted by molar-refractivity contribution is 6.30. The van der Waals surface area contributed by atoms with Gasteiger partial charge in [-0.15, -0.1) is 0 Å². The summed E-state index contributed by atoms with van der Waals surface area (Å²) in [5, 5.41) is 0.763. The Bertz CT molecular complexity index is 577. The van der Waals surface area contributed by atoms with Gasteiger partial charge in [0.1, 0.15) is 6.73 Å². The van der Waals surface area contributed by atoms with E-state index in [1.54, 1.807) is 0 Å². The number of halogens is 1. The van der Waals surface area contributed by atoms with Crippen molar-refractivity contribution >= 4 is 17.3 Å². The van der Waals surface area contributed by atoms with Crippen LogP contribution in [-0.2, 0) is 10.3 Å². The van der Waals surface area contributed by atoms with E-state index in [2.05, 4.69) is 42.2 Å². The fourth-order valence-electron chi connectivity index (χ4n) is 2.60. The molecule has 0 aromatic heterocycles. The molecule has 0 bridgehead atoms. The maximum absolute atomic E-state index is 6.14. The summed E-state index contributed by atoms with van der Waals surface area (Å²) in [6.07, 6.45) is 0.962. The van der Waals surface area contributed by atoms with Gasteiger partial charge in [0.25, 0.3) is 0 Å². The SMILES string of the molecule is CC1(c2ccccc2)CCN(c2cccc(Cl)c2)CO1. The van der Waals surface area contributed by atoms with Crippen molar-refractivity contribution < 1.29 is 4.74 Å². The van der Waals surface area contributed by atoms with Crippen molar-refractivity contribution in [3.63, 3.8) is 0 Å². The molecule has 1 aliphatic heterocycles. The predicted octanol–water partition coefficient (Wildman–Crippen LogP) is 4.44. The van der Waals surface area contributed by atoms with Crippen LogP contribution in [-0.4, -0.2) is 13.3 Å². The summed E-state index contributed by atoms with van der Waals surface area (Å²) in [5.74, 6) is 0. The van der Waals surface area contributed by atoms with Gasteiger partial charge in [-0.2, -0.15) is 0 Å². The molecule has 0 N–H and O–H groups in total. The Labute approximate surface area is 124 Å². The van der Waals surface area contributed by atoms with Gasteiger partial charge in [0.15, 0.2) is 0 Å². The summed E-state index contributed by atoms with van der Waals surface area (Å²) in [7, 11) is 0. The molecule has 3 heteroatoms. The van der Waals surface area contributed by atoms with E-state index in [4.69, 9.17) is 16.3 Å². The second-order valence-corrected chi connectivity index (χ2v) is 5.80. The Morgan fingerprint density at radius 3 is 2.55 bits per heavy atom. The molecule has 0 spiro atoms. The summed E-state index contributed by atoms with van der Waals surface area (Å²) < 4.78 is 6.14. The first-order valence-corrected chi connectivity index (χ1v) is 7.25. The van der Waals surface area contributed by atoms with Crippen LogP contribution in [0.2, 0.25) is 5.02 Å². The van der Waals surface area contributed by atoms with E-state index in [-0.39, 0.29) is 5.60 Å². The molecule has 0 amide bonds. The van der Waals surface area contributed by atoms with Crippen LogP contribution in [0.25, 0.3) is 0 Å². The van der Waals surface area contributed by atoms with E-state index < -0.39 is 0 Å². The van der Waals surface area contributed by atoms with Crippen molar-refractivity contribution in [2.75, 3.05) is 18.2 Å². The molecule has 2 aromatic rings. The lowest BCUT2D eigenvalue weighted by molar-refractivity contribution is -0.0620. The fraction of sp³-hybridized carbons (Fsp3) is 0.294. The van der Waals surface area contributed by atoms with Crippen molar-refractivity contribution in [3.8, 4) is 0 Å². The molecule has 0 radical (unpaired) electrons. The molecule has 20 heavy (non-hydrogen) atoms. The zero-order chi connectivity index (χ0) is 14.0. The zero-order valence-electron chi connectivity index (χ0n) is 11.6. The van der Waals surface area contributed by atoms with Gasteiger partial charge >= 0.3 is 0 Å². The highest BCUT2D eigenvalue weighted by Gasteiger charge is 2.32. The summed E-state index contributed by atoms with van der Waals surface area (Å²) >= 11 is 6.05. The van der Waals surface area contributed by atoms with Gasteiger partial charge in [0.05, 0.1) is 5.60 Å². The third-order valence-electron chi connectivity index (χ3n) is 3.96. The Hall–Kier alpha value is -1.51. The Morgan fingerprint density at radius 1 is 1.10 bits per heavy atom. The number of ether oxygens (including phenoxy) is 1. The lowest BCUT2D eigenvalue weighted by atomic mass is 9.91. The largest absolute Gasteiger partial charge is 0.350 e. The molecule has 3 rings (SSSR count). The summed E-state index contributed by atoms with van der Waals surface area (Å²) in [4.78, 5) is 2.22. The maximum atomic E-state index is 6.14. The number of rotatable bonds is 2. The molecule has 0 saturated carbocycles. The maximum Gasteiger partial charge on any atom is 0.120 e. The number of hydrogen-bond acceptors (Lipinski definition) is 2. The highest BCUT2D eigenvalue weighted by atomic mass is 35.5. The molecular weight excluding hydrogens is 270 g/mol. The average Bonchev–Trinajstić information content (AvgIpc) is 2.49. The van der Waals surface area contributed by atoms with E-state index in [9.17, 15) is 0 Å². The van der Waals surface area contributed by atoms with Gasteiger partial charge in [-0.1, -0.05) is 48.0 Å². The van der Waals surface area contributed by atoms with Gasteiger partial charge in [0, 0.05) is 17.3 Å². The lowest BCUT2D eigenvalue weighted by Crippen LogP contribution is -2.43. The fourth-order valence-corrected chi connectivity index (χ4v) is 2.78. The molecule has 1 aliphatic rings. The van der Waals surface area contributed by atoms with E-state index in [1.807, 2.05) is 24.3 Å². The third kappa shape index (κ3) is 2.67. The minimum absolute atomic E-state index is 0.198. The van der Waals surface area contributed by atoms with Crippen LogP contribution in [0.15, 0.2) is 54.6 Å². The minimum Gasteiger partial charge on any atom is -0.350 e. The van der Waals surface area contributed by atoms with Crippen molar-refractivity contribution in [1.29, 1.82) is 0 Å². The van der Waals surface area contributed by atoms with Crippen molar-refractivity contribution in [2.24, 2.45) is 0 Å². The summed E-state index contributed by atoms with van der Waals surface area (Å²) in [6.45, 7) is 3.72. The zero-order valence-corrected chi connectivity index (χ0v) is 12.3. The quantitative estimate of drug-likeness (QED) is 0.810. The number of benzene rings is 2. The molecule has 1 unspecified atom stereocenters. The molecule has 104 valence electrons. The van der Waals surface area contributed by atoms with Crippen LogP contribution in [0.5, 0.6) is 0 Å². The average molecular weight is 288 g/mol. The molecule has 2 nitrogen and oxygen atoms in total. The second-order valence-electron chi connectivity index (χ2n) is 5.36. The molecular formula is C17H18ClNO. The first-order valence-electron chi connectivity index (χ1n) is 6.87. The molecule has 2 aromatic carbocycles. The van der Waals surface area contributed by atoms with E-state index in [0.29, 0.717) is 6.73 Å². The van der Waals surface area contributed by atoms with Crippen LogP contribution in [0.3, 0.4) is 0 Å². The van der Waals surface area contributed by atoms with Crippen LogP contribution in [0, 0.1) is 0 Å². The molecule has 1 fully saturated rings. The Balaban J connectivity index is 1.74. The predicted molar refractivity (Wildman–Crippen MR) is 83.2 cm³/mol. The number of anilines is 1. The van der Waals surface area contributed by atoms with E-state index in [1.165, 1.54) is 5.56 Å². The van der Waals surface area contributed by atoms with Crippen molar-refractivity contribution in [2.45, 2.75) is 18.9 Å². The highest BCUT2D eigenvalue weighted by Crippen LogP contribution is 2.34. The summed E-state index contributed by atoms with van der Waals surface area (Å²) in [5.41, 5.74) is 2.16. The minimum atomic E-state index is -0.198. The van der Waals surface area contributed by atoms with Gasteiger partial charge in [-0.3, -0.25) is 0 Å². The Kier molecular flexibility index (Phi) is 3.68. The van der Waals surface area contributed by atoms with Crippen molar-refractivity contribution in [3.05, 3.63) is 65.2 Å². The second kappa shape index (κ2) is 5.47. The first-order chi connectivity index (χ1) is 9.67. The molecule has 1 saturated heterocycles. The summed E-state index contributed by atoms with van der Waals surface area (Å²) in [6, 6.07) is 18.3. The van der Waals surface area contributed by atoms with Crippen LogP contribution in [0.1, 0.15) is 18.9 Å². The lowest BCUT2D eigenvalue weighted by Gasteiger charge is -2.40. The molecule has 0 aliphatic carbocycles. The monoisotopic (exact) mass is 287 g/mol. The third-order valence-corrected chi connectivity index (χ3v) is 4.19. The number of nitrogens with zero attached hydrogens (tertiary/aromatic N) is 1. The van der Waals surface area contributed by atoms with Gasteiger partial charge in [0.2, 0.25) is 0 Å². The Morgan fingerprint density at radius 2 is 1.90 bits per heavy atom. The first kappa shape index (κ1) is 13.5. The van der Waals surface area contributed by atoms with Crippen LogP contribution < -0.4 is 4.90 Å². The van der Waals surface area contributed by atoms with Gasteiger partial charge < -0.3 is 9.64 Å². The number of hydrogen-bond donors (Lipinski definition) is 0. The topological polar surface area (TPSA) is 12.5 Å². The van der Waals surface area contributed by atoms with Gasteiger partial charge in [-0.25, -0.2) is 0 Å². The van der Waals surface area contributed by atoms with E-state index in [0.717, 1.165) is 23.7 Å². The normalized spacial score (nSPS) is 22.8. The molecule has 1 heterocycles. The van der Waals surface area contributed by atoms with E-state index >= 15 is 0 Å². The molecule has 1 atom stereocenters. The standard InChI is InChI=1S/C17H18ClNO/c1-17(14-6-3-2-4-7-14)10-11-19(13-20-17)16-9-5-8-15(18)12-16/h2-9,12H,10-11,13H2,1H3.